The molecular weight excluding hydrogens is 294 g/mol. The molecule has 1 saturated heterocycles. The van der Waals surface area contributed by atoms with Crippen molar-refractivity contribution in [1.29, 1.82) is 0 Å². The maximum Gasteiger partial charge on any atom is 0.226 e. The summed E-state index contributed by atoms with van der Waals surface area (Å²) in [6, 6.07) is 1.98. The predicted octanol–water partition coefficient (Wildman–Crippen LogP) is 1.38. The molecule has 3 heterocycles. The van der Waals surface area contributed by atoms with Crippen LogP contribution in [0.5, 0.6) is 0 Å². The first-order valence-electron chi connectivity index (χ1n) is 8.08. The fourth-order valence-corrected chi connectivity index (χ4v) is 3.10. The fraction of sp³-hybridized carbons (Fsp3) is 0.562. The average Bonchev–Trinajstić information content (AvgIpc) is 3.27. The molecule has 7 nitrogen and oxygen atoms in total. The predicted molar refractivity (Wildman–Crippen MR) is 84.5 cm³/mol. The zero-order valence-electron chi connectivity index (χ0n) is 13.6. The number of nitrogens with one attached hydrogen (secondary N) is 1. The van der Waals surface area contributed by atoms with Crippen LogP contribution in [0.4, 0.5) is 0 Å². The van der Waals surface area contributed by atoms with E-state index in [9.17, 15) is 4.79 Å². The Morgan fingerprint density at radius 2 is 2.39 bits per heavy atom. The molecule has 0 aromatic carbocycles. The molecule has 1 amide bonds. The third-order valence-corrected chi connectivity index (χ3v) is 4.20. The molecule has 1 aliphatic heterocycles. The minimum Gasteiger partial charge on any atom is -0.371 e. The SMILES string of the molecule is CCn1nccc1[C@@H]1OCC[C@H]1C(=O)NC(C)Cn1ccnc1. The van der Waals surface area contributed by atoms with Crippen molar-refractivity contribution in [2.75, 3.05) is 6.61 Å². The Kier molecular flexibility index (Phi) is 4.76. The van der Waals surface area contributed by atoms with Crippen molar-refractivity contribution in [3.05, 3.63) is 36.7 Å². The molecule has 1 unspecified atom stereocenters. The van der Waals surface area contributed by atoms with E-state index in [2.05, 4.69) is 15.4 Å². The van der Waals surface area contributed by atoms with E-state index in [4.69, 9.17) is 4.74 Å². The van der Waals surface area contributed by atoms with Gasteiger partial charge in [0.2, 0.25) is 5.91 Å². The fourth-order valence-electron chi connectivity index (χ4n) is 3.10. The van der Waals surface area contributed by atoms with Crippen LogP contribution in [-0.4, -0.2) is 37.9 Å². The normalized spacial score (nSPS) is 22.2. The Bertz CT molecular complexity index is 637. The highest BCUT2D eigenvalue weighted by Crippen LogP contribution is 2.34. The molecule has 1 fully saturated rings. The zero-order chi connectivity index (χ0) is 16.2. The van der Waals surface area contributed by atoms with Gasteiger partial charge in [-0.15, -0.1) is 0 Å². The van der Waals surface area contributed by atoms with Crippen LogP contribution in [0.1, 0.15) is 32.1 Å². The van der Waals surface area contributed by atoms with E-state index in [1.54, 1.807) is 18.7 Å². The number of carbonyl (C=O) groups excluding carboxylic acids is 1. The third kappa shape index (κ3) is 3.44. The second-order valence-electron chi connectivity index (χ2n) is 5.93. The van der Waals surface area contributed by atoms with Crippen molar-refractivity contribution < 1.29 is 9.53 Å². The van der Waals surface area contributed by atoms with Gasteiger partial charge in [-0.1, -0.05) is 0 Å². The number of amides is 1. The Labute approximate surface area is 135 Å². The van der Waals surface area contributed by atoms with Gasteiger partial charge >= 0.3 is 0 Å². The van der Waals surface area contributed by atoms with Crippen LogP contribution in [0.15, 0.2) is 31.0 Å². The molecule has 7 heteroatoms. The number of nitrogens with zero attached hydrogens (tertiary/aromatic N) is 4. The van der Waals surface area contributed by atoms with Gasteiger partial charge in [0, 0.05) is 44.3 Å². The number of aryl methyl sites for hydroxylation is 1. The maximum atomic E-state index is 12.6. The number of rotatable bonds is 6. The summed E-state index contributed by atoms with van der Waals surface area (Å²) in [4.78, 5) is 16.7. The Balaban J connectivity index is 1.64. The van der Waals surface area contributed by atoms with E-state index in [1.807, 2.05) is 35.4 Å². The first-order valence-corrected chi connectivity index (χ1v) is 8.08. The summed E-state index contributed by atoms with van der Waals surface area (Å²) in [6.45, 7) is 6.12. The topological polar surface area (TPSA) is 74.0 Å². The standard InChI is InChI=1S/C16H23N5O2/c1-3-21-14(4-6-18-21)15-13(5-9-23-15)16(22)19-12(2)10-20-8-7-17-11-20/h4,6-8,11-13,15H,3,5,9-10H2,1-2H3,(H,19,22)/t12?,13-,15-/m1/s1. The summed E-state index contributed by atoms with van der Waals surface area (Å²) in [6.07, 6.45) is 7.67. The summed E-state index contributed by atoms with van der Waals surface area (Å²) in [7, 11) is 0. The molecule has 23 heavy (non-hydrogen) atoms. The monoisotopic (exact) mass is 317 g/mol. The lowest BCUT2D eigenvalue weighted by atomic mass is 9.97. The van der Waals surface area contributed by atoms with Gasteiger partial charge < -0.3 is 14.6 Å². The average molecular weight is 317 g/mol. The summed E-state index contributed by atoms with van der Waals surface area (Å²) in [5.74, 6) is -0.119. The van der Waals surface area contributed by atoms with Crippen molar-refractivity contribution in [2.24, 2.45) is 5.92 Å². The van der Waals surface area contributed by atoms with E-state index >= 15 is 0 Å². The van der Waals surface area contributed by atoms with Crippen LogP contribution in [0.2, 0.25) is 0 Å². The van der Waals surface area contributed by atoms with E-state index in [0.717, 1.165) is 18.7 Å². The number of ether oxygens (including phenoxy) is 1. The molecule has 1 N–H and O–H groups in total. The first kappa shape index (κ1) is 15.7. The second-order valence-corrected chi connectivity index (χ2v) is 5.93. The van der Waals surface area contributed by atoms with Crippen molar-refractivity contribution in [3.8, 4) is 0 Å². The van der Waals surface area contributed by atoms with E-state index in [-0.39, 0.29) is 24.0 Å². The minimum atomic E-state index is -0.210. The molecule has 0 radical (unpaired) electrons. The van der Waals surface area contributed by atoms with Crippen LogP contribution in [-0.2, 0) is 22.6 Å². The summed E-state index contributed by atoms with van der Waals surface area (Å²) in [5, 5.41) is 7.37. The third-order valence-electron chi connectivity index (χ3n) is 4.20. The number of imidazole rings is 1. The second kappa shape index (κ2) is 6.95. The molecular formula is C16H23N5O2. The molecule has 124 valence electrons. The van der Waals surface area contributed by atoms with Gasteiger partial charge in [0.05, 0.1) is 17.9 Å². The summed E-state index contributed by atoms with van der Waals surface area (Å²) >= 11 is 0. The van der Waals surface area contributed by atoms with E-state index < -0.39 is 0 Å². The number of hydrogen-bond donors (Lipinski definition) is 1. The van der Waals surface area contributed by atoms with Crippen molar-refractivity contribution in [3.63, 3.8) is 0 Å². The summed E-state index contributed by atoms with van der Waals surface area (Å²) in [5.41, 5.74) is 0.979. The van der Waals surface area contributed by atoms with Gasteiger partial charge in [-0.05, 0) is 26.3 Å². The lowest BCUT2D eigenvalue weighted by Crippen LogP contribution is -2.40. The zero-order valence-corrected chi connectivity index (χ0v) is 13.6. The molecule has 0 spiro atoms. The van der Waals surface area contributed by atoms with Crippen molar-refractivity contribution in [2.45, 2.75) is 45.5 Å². The van der Waals surface area contributed by atoms with Gasteiger partial charge in [0.25, 0.3) is 0 Å². The molecule has 0 bridgehead atoms. The largest absolute Gasteiger partial charge is 0.371 e. The van der Waals surface area contributed by atoms with Gasteiger partial charge in [-0.3, -0.25) is 9.48 Å². The lowest BCUT2D eigenvalue weighted by Gasteiger charge is -2.21. The molecule has 3 atom stereocenters. The highest BCUT2D eigenvalue weighted by molar-refractivity contribution is 5.80. The minimum absolute atomic E-state index is 0.0361. The Hall–Kier alpha value is -2.15. The maximum absolute atomic E-state index is 12.6. The van der Waals surface area contributed by atoms with Gasteiger partial charge in [0.15, 0.2) is 0 Å². The first-order chi connectivity index (χ1) is 11.2. The molecule has 1 aliphatic rings. The molecule has 3 rings (SSSR count). The van der Waals surface area contributed by atoms with Crippen molar-refractivity contribution >= 4 is 5.91 Å². The van der Waals surface area contributed by atoms with Crippen LogP contribution in [0, 0.1) is 5.92 Å². The van der Waals surface area contributed by atoms with Crippen molar-refractivity contribution in [1.82, 2.24) is 24.6 Å². The van der Waals surface area contributed by atoms with Crippen LogP contribution in [0.25, 0.3) is 0 Å². The smallest absolute Gasteiger partial charge is 0.226 e. The van der Waals surface area contributed by atoms with Crippen LogP contribution >= 0.6 is 0 Å². The quantitative estimate of drug-likeness (QED) is 0.873. The number of hydrogen-bond acceptors (Lipinski definition) is 4. The Morgan fingerprint density at radius 1 is 1.52 bits per heavy atom. The van der Waals surface area contributed by atoms with Crippen LogP contribution < -0.4 is 5.32 Å². The van der Waals surface area contributed by atoms with Gasteiger partial charge in [-0.25, -0.2) is 4.98 Å². The molecule has 0 aliphatic carbocycles. The Morgan fingerprint density at radius 3 is 3.13 bits per heavy atom. The van der Waals surface area contributed by atoms with Gasteiger partial charge in [-0.2, -0.15) is 5.10 Å². The highest BCUT2D eigenvalue weighted by atomic mass is 16.5. The summed E-state index contributed by atoms with van der Waals surface area (Å²) < 4.78 is 9.68. The van der Waals surface area contributed by atoms with E-state index in [1.165, 1.54) is 0 Å². The van der Waals surface area contributed by atoms with Gasteiger partial charge in [0.1, 0.15) is 6.10 Å². The number of aromatic nitrogens is 4. The molecule has 0 saturated carbocycles. The highest BCUT2D eigenvalue weighted by Gasteiger charge is 2.37. The van der Waals surface area contributed by atoms with E-state index in [0.29, 0.717) is 13.2 Å². The van der Waals surface area contributed by atoms with Crippen LogP contribution in [0.3, 0.4) is 0 Å². The lowest BCUT2D eigenvalue weighted by molar-refractivity contribution is -0.127. The number of carbonyl (C=O) groups is 1. The molecule has 2 aromatic rings. The molecule has 2 aromatic heterocycles.